The van der Waals surface area contributed by atoms with Gasteiger partial charge in [-0.2, -0.15) is 0 Å². The first-order chi connectivity index (χ1) is 19.8. The molecular formula is C31H38N4O5S. The predicted octanol–water partition coefficient (Wildman–Crippen LogP) is 5.22. The zero-order valence-electron chi connectivity index (χ0n) is 23.3. The molecule has 3 N–H and O–H groups in total. The fourth-order valence-electron chi connectivity index (χ4n) is 4.73. The summed E-state index contributed by atoms with van der Waals surface area (Å²) in [5, 5.41) is 5.79. The second kappa shape index (κ2) is 14.8. The normalized spacial score (nSPS) is 14.4. The van der Waals surface area contributed by atoms with Crippen LogP contribution in [0.1, 0.15) is 38.2 Å². The van der Waals surface area contributed by atoms with Crippen LogP contribution in [-0.4, -0.2) is 56.8 Å². The highest BCUT2D eigenvalue weighted by Crippen LogP contribution is 2.28. The number of para-hydroxylation sites is 1. The number of benzene rings is 3. The average molecular weight is 579 g/mol. The first-order valence-corrected chi connectivity index (χ1v) is 15.7. The summed E-state index contributed by atoms with van der Waals surface area (Å²) in [5.41, 5.74) is 4.15. The van der Waals surface area contributed by atoms with E-state index in [1.165, 1.54) is 0 Å². The number of nitrogens with one attached hydrogen (secondary N) is 3. The Hall–Kier alpha value is -3.73. The zero-order chi connectivity index (χ0) is 29.1. The van der Waals surface area contributed by atoms with Crippen LogP contribution in [0.15, 0.2) is 78.9 Å². The van der Waals surface area contributed by atoms with Crippen LogP contribution >= 0.6 is 0 Å². The number of rotatable bonds is 12. The molecule has 1 aliphatic rings. The Labute approximate surface area is 242 Å². The van der Waals surface area contributed by atoms with E-state index in [0.29, 0.717) is 43.6 Å². The highest BCUT2D eigenvalue weighted by atomic mass is 32.2. The lowest BCUT2D eigenvalue weighted by Gasteiger charge is -2.31. The molecule has 0 spiro atoms. The number of carbonyl (C=O) groups is 2. The van der Waals surface area contributed by atoms with Gasteiger partial charge in [0.2, 0.25) is 15.9 Å². The van der Waals surface area contributed by atoms with Crippen molar-refractivity contribution in [3.8, 4) is 11.1 Å². The van der Waals surface area contributed by atoms with E-state index in [0.717, 1.165) is 29.8 Å². The van der Waals surface area contributed by atoms with E-state index in [4.69, 9.17) is 4.74 Å². The molecular weight excluding hydrogens is 540 g/mol. The second-order valence-electron chi connectivity index (χ2n) is 10.1. The highest BCUT2D eigenvalue weighted by Gasteiger charge is 2.23. The maximum absolute atomic E-state index is 12.6. The third-order valence-electron chi connectivity index (χ3n) is 6.92. The Morgan fingerprint density at radius 3 is 2.29 bits per heavy atom. The van der Waals surface area contributed by atoms with Gasteiger partial charge in [0.1, 0.15) is 6.10 Å². The van der Waals surface area contributed by atoms with Gasteiger partial charge in [0.05, 0.1) is 11.4 Å². The SMILES string of the molecule is CCCS(=O)(=O)NCc1ccc(NC(=O)CCN2CCC(OC(=O)Nc3ccccc3-c3ccccc3)CC2)cc1. The first kappa shape index (κ1) is 30.2. The molecule has 9 nitrogen and oxygen atoms in total. The molecule has 3 aromatic rings. The van der Waals surface area contributed by atoms with Crippen LogP contribution in [0.5, 0.6) is 0 Å². The van der Waals surface area contributed by atoms with Gasteiger partial charge < -0.3 is 15.0 Å². The number of hydrogen-bond acceptors (Lipinski definition) is 6. The van der Waals surface area contributed by atoms with Crippen LogP contribution in [0.25, 0.3) is 11.1 Å². The molecule has 1 heterocycles. The van der Waals surface area contributed by atoms with E-state index in [1.54, 1.807) is 24.3 Å². The molecule has 0 aromatic heterocycles. The van der Waals surface area contributed by atoms with Crippen molar-refractivity contribution in [1.29, 1.82) is 0 Å². The first-order valence-electron chi connectivity index (χ1n) is 14.0. The summed E-state index contributed by atoms with van der Waals surface area (Å²) in [7, 11) is -3.26. The maximum atomic E-state index is 12.6. The van der Waals surface area contributed by atoms with Crippen LogP contribution in [0.3, 0.4) is 0 Å². The van der Waals surface area contributed by atoms with Crippen LogP contribution in [0, 0.1) is 0 Å². The molecule has 3 aromatic carbocycles. The lowest BCUT2D eigenvalue weighted by molar-refractivity contribution is -0.116. The number of hydrogen-bond donors (Lipinski definition) is 3. The van der Waals surface area contributed by atoms with Gasteiger partial charge in [0.15, 0.2) is 0 Å². The molecule has 1 saturated heterocycles. The molecule has 4 rings (SSSR count). The fourth-order valence-corrected chi connectivity index (χ4v) is 5.79. The van der Waals surface area contributed by atoms with Gasteiger partial charge in [0, 0.05) is 43.9 Å². The molecule has 0 atom stereocenters. The number of anilines is 2. The van der Waals surface area contributed by atoms with Crippen molar-refractivity contribution < 1.29 is 22.7 Å². The molecule has 0 unspecified atom stereocenters. The molecule has 10 heteroatoms. The molecule has 1 aliphatic heterocycles. The highest BCUT2D eigenvalue weighted by molar-refractivity contribution is 7.89. The molecule has 0 saturated carbocycles. The van der Waals surface area contributed by atoms with E-state index >= 15 is 0 Å². The van der Waals surface area contributed by atoms with Gasteiger partial charge in [-0.15, -0.1) is 0 Å². The Morgan fingerprint density at radius 1 is 0.902 bits per heavy atom. The number of amides is 2. The van der Waals surface area contributed by atoms with Crippen molar-refractivity contribution in [3.63, 3.8) is 0 Å². The summed E-state index contributed by atoms with van der Waals surface area (Å²) in [6.07, 6.45) is 1.69. The van der Waals surface area contributed by atoms with Gasteiger partial charge in [-0.25, -0.2) is 17.9 Å². The van der Waals surface area contributed by atoms with Gasteiger partial charge in [-0.05, 0) is 48.6 Å². The van der Waals surface area contributed by atoms with E-state index < -0.39 is 16.1 Å². The minimum Gasteiger partial charge on any atom is -0.446 e. The minimum atomic E-state index is -3.26. The molecule has 0 radical (unpaired) electrons. The number of likely N-dealkylation sites (tertiary alicyclic amines) is 1. The van der Waals surface area contributed by atoms with Crippen molar-refractivity contribution in [1.82, 2.24) is 9.62 Å². The number of sulfonamides is 1. The molecule has 218 valence electrons. The van der Waals surface area contributed by atoms with Gasteiger partial charge in [0.25, 0.3) is 0 Å². The van der Waals surface area contributed by atoms with E-state index in [9.17, 15) is 18.0 Å². The molecule has 2 amide bonds. The molecule has 41 heavy (non-hydrogen) atoms. The van der Waals surface area contributed by atoms with Crippen molar-refractivity contribution in [3.05, 3.63) is 84.4 Å². The topological polar surface area (TPSA) is 117 Å². The Balaban J connectivity index is 1.15. The van der Waals surface area contributed by atoms with Crippen molar-refractivity contribution >= 4 is 33.4 Å². The summed E-state index contributed by atoms with van der Waals surface area (Å²) >= 11 is 0. The van der Waals surface area contributed by atoms with Crippen LogP contribution in [-0.2, 0) is 26.1 Å². The average Bonchev–Trinajstić information content (AvgIpc) is 2.97. The molecule has 1 fully saturated rings. The van der Waals surface area contributed by atoms with Crippen LogP contribution in [0.2, 0.25) is 0 Å². The van der Waals surface area contributed by atoms with Gasteiger partial charge in [-0.3, -0.25) is 10.1 Å². The Morgan fingerprint density at radius 2 is 1.59 bits per heavy atom. The van der Waals surface area contributed by atoms with Gasteiger partial charge >= 0.3 is 6.09 Å². The smallest absolute Gasteiger partial charge is 0.411 e. The summed E-state index contributed by atoms with van der Waals surface area (Å²) in [6.45, 7) is 4.15. The van der Waals surface area contributed by atoms with Crippen LogP contribution < -0.4 is 15.4 Å². The minimum absolute atomic E-state index is 0.0868. The summed E-state index contributed by atoms with van der Waals surface area (Å²) in [6, 6.07) is 24.7. The number of piperidine rings is 1. The van der Waals surface area contributed by atoms with E-state index in [2.05, 4.69) is 20.3 Å². The maximum Gasteiger partial charge on any atom is 0.411 e. The number of nitrogens with zero attached hydrogens (tertiary/aromatic N) is 1. The number of ether oxygens (including phenoxy) is 1. The quantitative estimate of drug-likeness (QED) is 0.271. The standard InChI is InChI=1S/C31H38N4O5S/c1-2-22-41(38,39)32-23-24-12-14-26(15-13-24)33-30(36)18-21-35-19-16-27(17-20-35)40-31(37)34-29-11-7-6-10-28(29)25-8-4-3-5-9-25/h3-15,27,32H,2,16-23H2,1H3,(H,33,36)(H,34,37). The van der Waals surface area contributed by atoms with E-state index in [1.807, 2.05) is 61.5 Å². The summed E-state index contributed by atoms with van der Waals surface area (Å²) < 4.78 is 31.9. The van der Waals surface area contributed by atoms with E-state index in [-0.39, 0.29) is 24.3 Å². The summed E-state index contributed by atoms with van der Waals surface area (Å²) in [4.78, 5) is 27.3. The third-order valence-corrected chi connectivity index (χ3v) is 8.45. The monoisotopic (exact) mass is 578 g/mol. The lowest BCUT2D eigenvalue weighted by Crippen LogP contribution is -2.39. The molecule has 0 bridgehead atoms. The van der Waals surface area contributed by atoms with Crippen molar-refractivity contribution in [2.24, 2.45) is 0 Å². The second-order valence-corrected chi connectivity index (χ2v) is 12.0. The van der Waals surface area contributed by atoms with Crippen molar-refractivity contribution in [2.75, 3.05) is 36.0 Å². The number of carbonyl (C=O) groups excluding carboxylic acids is 2. The fraction of sp³-hybridized carbons (Fsp3) is 0.355. The molecule has 0 aliphatic carbocycles. The van der Waals surface area contributed by atoms with Crippen molar-refractivity contribution in [2.45, 2.75) is 45.3 Å². The third kappa shape index (κ3) is 9.70. The van der Waals surface area contributed by atoms with Crippen LogP contribution in [0.4, 0.5) is 16.2 Å². The lowest BCUT2D eigenvalue weighted by atomic mass is 10.0. The Kier molecular flexibility index (Phi) is 10.9. The largest absolute Gasteiger partial charge is 0.446 e. The zero-order valence-corrected chi connectivity index (χ0v) is 24.2. The predicted molar refractivity (Wildman–Crippen MR) is 162 cm³/mol. The summed E-state index contributed by atoms with van der Waals surface area (Å²) in [5.74, 6) is 0.0157. The van der Waals surface area contributed by atoms with Gasteiger partial charge in [-0.1, -0.05) is 67.6 Å². The Bertz CT molecular complexity index is 1390.